The van der Waals surface area contributed by atoms with Crippen LogP contribution in [0, 0.1) is 0 Å². The van der Waals surface area contributed by atoms with Crippen molar-refractivity contribution in [2.24, 2.45) is 0 Å². The maximum absolute atomic E-state index is 12.1. The van der Waals surface area contributed by atoms with Crippen LogP contribution in [0.4, 0.5) is 0 Å². The summed E-state index contributed by atoms with van der Waals surface area (Å²) in [6.07, 6.45) is 2.76. The van der Waals surface area contributed by atoms with E-state index in [1.54, 1.807) is 12.0 Å². The highest BCUT2D eigenvalue weighted by Crippen LogP contribution is 2.13. The normalized spacial score (nSPS) is 16.7. The quantitative estimate of drug-likeness (QED) is 0.780. The second kappa shape index (κ2) is 9.27. The van der Waals surface area contributed by atoms with Crippen molar-refractivity contribution >= 4 is 11.8 Å². The van der Waals surface area contributed by atoms with Gasteiger partial charge in [-0.1, -0.05) is 12.1 Å². The lowest BCUT2D eigenvalue weighted by Gasteiger charge is -2.23. The van der Waals surface area contributed by atoms with E-state index in [0.717, 1.165) is 37.2 Å². The fourth-order valence-corrected chi connectivity index (χ4v) is 2.71. The van der Waals surface area contributed by atoms with Crippen LogP contribution in [0.1, 0.15) is 25.3 Å². The molecule has 1 aliphatic heterocycles. The lowest BCUT2D eigenvalue weighted by Crippen LogP contribution is -2.43. The number of ether oxygens (including phenoxy) is 2. The molecule has 0 saturated carbocycles. The van der Waals surface area contributed by atoms with Crippen LogP contribution in [0.25, 0.3) is 0 Å². The molecule has 1 aromatic rings. The van der Waals surface area contributed by atoms with Crippen molar-refractivity contribution in [3.05, 3.63) is 29.8 Å². The van der Waals surface area contributed by atoms with E-state index in [-0.39, 0.29) is 24.5 Å². The number of hydrogen-bond acceptors (Lipinski definition) is 4. The molecular formula is C18H26N2O4. The molecule has 0 spiro atoms. The second-order valence-corrected chi connectivity index (χ2v) is 5.98. The molecular weight excluding hydrogens is 308 g/mol. The summed E-state index contributed by atoms with van der Waals surface area (Å²) < 4.78 is 10.7. The molecule has 2 amide bonds. The first-order chi connectivity index (χ1) is 11.6. The van der Waals surface area contributed by atoms with E-state index in [4.69, 9.17) is 9.47 Å². The zero-order valence-corrected chi connectivity index (χ0v) is 14.4. The number of methoxy groups -OCH3 is 1. The minimum absolute atomic E-state index is 0.0565. The summed E-state index contributed by atoms with van der Waals surface area (Å²) in [4.78, 5) is 25.3. The zero-order valence-electron chi connectivity index (χ0n) is 14.4. The average molecular weight is 334 g/mol. The third kappa shape index (κ3) is 5.85. The number of nitrogens with zero attached hydrogens (tertiary/aromatic N) is 1. The molecule has 1 N–H and O–H groups in total. The molecule has 0 aromatic heterocycles. The molecule has 1 atom stereocenters. The summed E-state index contributed by atoms with van der Waals surface area (Å²) in [7, 11) is 1.63. The maximum Gasteiger partial charge on any atom is 0.239 e. The maximum atomic E-state index is 12.1. The minimum Gasteiger partial charge on any atom is -0.497 e. The van der Waals surface area contributed by atoms with E-state index in [2.05, 4.69) is 5.32 Å². The standard InChI is InChI=1S/C18H26N2O4/c1-14(21)20(12-17-4-3-11-24-17)13-18(22)19-10-9-15-5-7-16(23-2)8-6-15/h5-8,17H,3-4,9-13H2,1-2H3,(H,19,22). The van der Waals surface area contributed by atoms with Crippen LogP contribution in [-0.2, 0) is 20.7 Å². The Morgan fingerprint density at radius 1 is 1.33 bits per heavy atom. The van der Waals surface area contributed by atoms with Crippen LogP contribution >= 0.6 is 0 Å². The number of carbonyl (C=O) groups is 2. The SMILES string of the molecule is COc1ccc(CCNC(=O)CN(CC2CCCO2)C(C)=O)cc1. The fraction of sp³-hybridized carbons (Fsp3) is 0.556. The van der Waals surface area contributed by atoms with Gasteiger partial charge in [0.05, 0.1) is 19.8 Å². The number of amides is 2. The smallest absolute Gasteiger partial charge is 0.239 e. The minimum atomic E-state index is -0.142. The highest BCUT2D eigenvalue weighted by molar-refractivity contribution is 5.83. The van der Waals surface area contributed by atoms with Crippen molar-refractivity contribution in [3.63, 3.8) is 0 Å². The Bertz CT molecular complexity index is 538. The summed E-state index contributed by atoms with van der Waals surface area (Å²) in [5.41, 5.74) is 1.12. The van der Waals surface area contributed by atoms with Gasteiger partial charge in [0.25, 0.3) is 0 Å². The Morgan fingerprint density at radius 2 is 2.08 bits per heavy atom. The highest BCUT2D eigenvalue weighted by Gasteiger charge is 2.22. The topological polar surface area (TPSA) is 67.9 Å². The predicted octanol–water partition coefficient (Wildman–Crippen LogP) is 1.38. The first kappa shape index (κ1) is 18.3. The van der Waals surface area contributed by atoms with Crippen LogP contribution in [0.2, 0.25) is 0 Å². The molecule has 2 rings (SSSR count). The van der Waals surface area contributed by atoms with Gasteiger partial charge in [-0.25, -0.2) is 0 Å². The van der Waals surface area contributed by atoms with Gasteiger partial charge in [-0.15, -0.1) is 0 Å². The molecule has 1 saturated heterocycles. The third-order valence-corrected chi connectivity index (χ3v) is 4.12. The molecule has 0 bridgehead atoms. The molecule has 1 fully saturated rings. The van der Waals surface area contributed by atoms with E-state index in [1.807, 2.05) is 24.3 Å². The number of benzene rings is 1. The Hall–Kier alpha value is -2.08. The first-order valence-corrected chi connectivity index (χ1v) is 8.35. The molecule has 6 heteroatoms. The highest BCUT2D eigenvalue weighted by atomic mass is 16.5. The lowest BCUT2D eigenvalue weighted by atomic mass is 10.1. The summed E-state index contributed by atoms with van der Waals surface area (Å²) >= 11 is 0. The molecule has 1 aromatic carbocycles. The summed E-state index contributed by atoms with van der Waals surface area (Å²) in [5, 5.41) is 2.87. The van der Waals surface area contributed by atoms with Gasteiger partial charge in [-0.2, -0.15) is 0 Å². The van der Waals surface area contributed by atoms with Crippen LogP contribution in [0.5, 0.6) is 5.75 Å². The Kier molecular flexibility index (Phi) is 7.06. The van der Waals surface area contributed by atoms with Crippen molar-refractivity contribution in [1.29, 1.82) is 0 Å². The zero-order chi connectivity index (χ0) is 17.4. The van der Waals surface area contributed by atoms with E-state index < -0.39 is 0 Å². The summed E-state index contributed by atoms with van der Waals surface area (Å²) in [6, 6.07) is 7.75. The molecule has 1 heterocycles. The Morgan fingerprint density at radius 3 is 2.67 bits per heavy atom. The van der Waals surface area contributed by atoms with E-state index in [1.165, 1.54) is 6.92 Å². The molecule has 1 aliphatic rings. The predicted molar refractivity (Wildman–Crippen MR) is 90.9 cm³/mol. The first-order valence-electron chi connectivity index (χ1n) is 8.35. The van der Waals surface area contributed by atoms with Gasteiger partial charge >= 0.3 is 0 Å². The van der Waals surface area contributed by atoms with Crippen molar-refractivity contribution < 1.29 is 19.1 Å². The van der Waals surface area contributed by atoms with E-state index >= 15 is 0 Å². The molecule has 6 nitrogen and oxygen atoms in total. The van der Waals surface area contributed by atoms with E-state index in [0.29, 0.717) is 13.1 Å². The lowest BCUT2D eigenvalue weighted by molar-refractivity contribution is -0.135. The van der Waals surface area contributed by atoms with Crippen molar-refractivity contribution in [2.45, 2.75) is 32.3 Å². The molecule has 1 unspecified atom stereocenters. The summed E-state index contributed by atoms with van der Waals surface area (Å²) in [6.45, 7) is 3.33. The molecule has 132 valence electrons. The monoisotopic (exact) mass is 334 g/mol. The van der Waals surface area contributed by atoms with Gasteiger partial charge < -0.3 is 19.7 Å². The number of nitrogens with one attached hydrogen (secondary N) is 1. The van der Waals surface area contributed by atoms with Crippen LogP contribution < -0.4 is 10.1 Å². The Labute approximate surface area is 143 Å². The molecule has 0 radical (unpaired) electrons. The largest absolute Gasteiger partial charge is 0.497 e. The number of rotatable bonds is 8. The fourth-order valence-electron chi connectivity index (χ4n) is 2.71. The van der Waals surface area contributed by atoms with Gasteiger partial charge in [0.1, 0.15) is 5.75 Å². The molecule has 0 aliphatic carbocycles. The number of carbonyl (C=O) groups excluding carboxylic acids is 2. The van der Waals surface area contributed by atoms with Crippen molar-refractivity contribution in [2.75, 3.05) is 33.4 Å². The van der Waals surface area contributed by atoms with Gasteiger partial charge in [0, 0.05) is 26.6 Å². The van der Waals surface area contributed by atoms with Crippen LogP contribution in [0.3, 0.4) is 0 Å². The van der Waals surface area contributed by atoms with Gasteiger partial charge in [0.15, 0.2) is 0 Å². The van der Waals surface area contributed by atoms with Crippen molar-refractivity contribution in [1.82, 2.24) is 10.2 Å². The van der Waals surface area contributed by atoms with Gasteiger partial charge in [-0.05, 0) is 37.0 Å². The third-order valence-electron chi connectivity index (χ3n) is 4.12. The van der Waals surface area contributed by atoms with Crippen molar-refractivity contribution in [3.8, 4) is 5.75 Å². The molecule has 24 heavy (non-hydrogen) atoms. The van der Waals surface area contributed by atoms with Gasteiger partial charge in [0.2, 0.25) is 11.8 Å². The van der Waals surface area contributed by atoms with Crippen LogP contribution in [0.15, 0.2) is 24.3 Å². The van der Waals surface area contributed by atoms with E-state index in [9.17, 15) is 9.59 Å². The second-order valence-electron chi connectivity index (χ2n) is 5.98. The Balaban J connectivity index is 1.72. The summed E-state index contributed by atoms with van der Waals surface area (Å²) in [5.74, 6) is 0.571. The number of hydrogen-bond donors (Lipinski definition) is 1. The van der Waals surface area contributed by atoms with Gasteiger partial charge in [-0.3, -0.25) is 9.59 Å². The average Bonchev–Trinajstić information content (AvgIpc) is 3.08. The van der Waals surface area contributed by atoms with Crippen LogP contribution in [-0.4, -0.2) is 56.2 Å².